The normalized spacial score (nSPS) is 26.5. The lowest BCUT2D eigenvalue weighted by Crippen LogP contribution is -2.52. The molecular formula is C19H30N2O4S2. The van der Waals surface area contributed by atoms with E-state index in [2.05, 4.69) is 0 Å². The van der Waals surface area contributed by atoms with Crippen LogP contribution in [0.4, 0.5) is 0 Å². The molecule has 1 saturated carbocycles. The van der Waals surface area contributed by atoms with Crippen LogP contribution >= 0.6 is 0 Å². The first-order valence-electron chi connectivity index (χ1n) is 9.71. The molecule has 2 N–H and O–H groups in total. The quantitative estimate of drug-likeness (QED) is 0.770. The van der Waals surface area contributed by atoms with Crippen molar-refractivity contribution in [2.75, 3.05) is 24.6 Å². The van der Waals surface area contributed by atoms with Crippen LogP contribution < -0.4 is 5.73 Å². The van der Waals surface area contributed by atoms with Crippen LogP contribution in [0.3, 0.4) is 0 Å². The molecule has 1 atom stereocenters. The third-order valence-electron chi connectivity index (χ3n) is 5.96. The van der Waals surface area contributed by atoms with Gasteiger partial charge in [0.15, 0.2) is 9.84 Å². The van der Waals surface area contributed by atoms with Crippen LogP contribution in [-0.2, 0) is 19.9 Å². The molecule has 0 bridgehead atoms. The highest BCUT2D eigenvalue weighted by molar-refractivity contribution is 7.92. The van der Waals surface area contributed by atoms with Crippen LogP contribution in [0, 0.1) is 0 Å². The number of sulfonamides is 1. The molecule has 2 fully saturated rings. The standard InChI is InChI=1S/C19H30N2O4S2/c1-19(11-14-26(22,23)15-19)21(13-12-20)27(24,25)18-9-7-17(8-10-18)16-5-3-2-4-6-16/h7-10,16H,2-6,11-15,20H2,1H3/t19-/m0/s1. The van der Waals surface area contributed by atoms with Crippen molar-refractivity contribution in [2.45, 2.75) is 61.8 Å². The van der Waals surface area contributed by atoms with Gasteiger partial charge in [-0.15, -0.1) is 0 Å². The highest BCUT2D eigenvalue weighted by atomic mass is 32.2. The lowest BCUT2D eigenvalue weighted by molar-refractivity contribution is 0.238. The maximum Gasteiger partial charge on any atom is 0.243 e. The van der Waals surface area contributed by atoms with Crippen molar-refractivity contribution < 1.29 is 16.8 Å². The molecule has 1 aliphatic carbocycles. The molecule has 0 spiro atoms. The second-order valence-corrected chi connectivity index (χ2v) is 12.2. The average molecular weight is 415 g/mol. The Labute approximate surface area is 163 Å². The van der Waals surface area contributed by atoms with E-state index in [1.54, 1.807) is 19.1 Å². The van der Waals surface area contributed by atoms with Gasteiger partial charge in [0, 0.05) is 18.6 Å². The number of nitrogens with zero attached hydrogens (tertiary/aromatic N) is 1. The second-order valence-electron chi connectivity index (χ2n) is 8.11. The zero-order chi connectivity index (χ0) is 19.7. The Morgan fingerprint density at radius 3 is 2.30 bits per heavy atom. The Bertz CT molecular complexity index is 859. The van der Waals surface area contributed by atoms with Gasteiger partial charge in [0.05, 0.1) is 16.4 Å². The Morgan fingerprint density at radius 1 is 1.15 bits per heavy atom. The van der Waals surface area contributed by atoms with Crippen molar-refractivity contribution in [3.05, 3.63) is 29.8 Å². The molecule has 0 unspecified atom stereocenters. The van der Waals surface area contributed by atoms with Gasteiger partial charge in [-0.05, 0) is 49.8 Å². The summed E-state index contributed by atoms with van der Waals surface area (Å²) in [5.41, 5.74) is 5.91. The van der Waals surface area contributed by atoms with Crippen LogP contribution in [0.1, 0.15) is 56.9 Å². The molecule has 1 saturated heterocycles. The summed E-state index contributed by atoms with van der Waals surface area (Å²) in [6.07, 6.45) is 6.33. The molecule has 0 aromatic heterocycles. The number of nitrogens with two attached hydrogens (primary N) is 1. The molecule has 3 rings (SSSR count). The Balaban J connectivity index is 1.88. The maximum absolute atomic E-state index is 13.3. The minimum atomic E-state index is -3.81. The SMILES string of the molecule is C[C@]1(N(CCN)S(=O)(=O)c2ccc(C3CCCCC3)cc2)CCS(=O)(=O)C1. The van der Waals surface area contributed by atoms with Gasteiger partial charge < -0.3 is 5.73 Å². The molecule has 1 aliphatic heterocycles. The third-order valence-corrected chi connectivity index (χ3v) is 9.92. The first-order valence-corrected chi connectivity index (χ1v) is 13.0. The van der Waals surface area contributed by atoms with Crippen LogP contribution in [0.5, 0.6) is 0 Å². The lowest BCUT2D eigenvalue weighted by Gasteiger charge is -2.36. The third kappa shape index (κ3) is 4.39. The molecule has 8 heteroatoms. The zero-order valence-corrected chi connectivity index (χ0v) is 17.6. The van der Waals surface area contributed by atoms with Gasteiger partial charge in [-0.2, -0.15) is 4.31 Å². The van der Waals surface area contributed by atoms with Gasteiger partial charge >= 0.3 is 0 Å². The molecule has 6 nitrogen and oxygen atoms in total. The number of hydrogen-bond acceptors (Lipinski definition) is 5. The largest absolute Gasteiger partial charge is 0.329 e. The van der Waals surface area contributed by atoms with Gasteiger partial charge in [-0.3, -0.25) is 0 Å². The van der Waals surface area contributed by atoms with Gasteiger partial charge in [-0.25, -0.2) is 16.8 Å². The summed E-state index contributed by atoms with van der Waals surface area (Å²) < 4.78 is 51.9. The summed E-state index contributed by atoms with van der Waals surface area (Å²) in [6.45, 7) is 1.97. The molecule has 1 aromatic carbocycles. The average Bonchev–Trinajstić information content (AvgIpc) is 2.94. The van der Waals surface area contributed by atoms with Gasteiger partial charge in [0.2, 0.25) is 10.0 Å². The monoisotopic (exact) mass is 414 g/mol. The minimum Gasteiger partial charge on any atom is -0.329 e. The van der Waals surface area contributed by atoms with Crippen molar-refractivity contribution in [2.24, 2.45) is 5.73 Å². The fraction of sp³-hybridized carbons (Fsp3) is 0.684. The first-order chi connectivity index (χ1) is 12.7. The van der Waals surface area contributed by atoms with E-state index in [1.165, 1.54) is 29.1 Å². The highest BCUT2D eigenvalue weighted by Crippen LogP contribution is 2.36. The highest BCUT2D eigenvalue weighted by Gasteiger charge is 2.47. The molecule has 0 radical (unpaired) electrons. The fourth-order valence-corrected chi connectivity index (χ4v) is 8.50. The summed E-state index contributed by atoms with van der Waals surface area (Å²) >= 11 is 0. The van der Waals surface area contributed by atoms with Crippen LogP contribution in [0.2, 0.25) is 0 Å². The van der Waals surface area contributed by atoms with E-state index in [1.807, 2.05) is 12.1 Å². The Morgan fingerprint density at radius 2 is 1.78 bits per heavy atom. The van der Waals surface area contributed by atoms with Crippen molar-refractivity contribution in [1.29, 1.82) is 0 Å². The van der Waals surface area contributed by atoms with Crippen LogP contribution in [0.15, 0.2) is 29.2 Å². The van der Waals surface area contributed by atoms with E-state index in [0.29, 0.717) is 12.3 Å². The predicted octanol–water partition coefficient (Wildman–Crippen LogP) is 2.26. The van der Waals surface area contributed by atoms with Crippen LogP contribution in [0.25, 0.3) is 0 Å². The van der Waals surface area contributed by atoms with Gasteiger partial charge in [0.1, 0.15) is 0 Å². The van der Waals surface area contributed by atoms with Crippen molar-refractivity contribution in [3.8, 4) is 0 Å². The predicted molar refractivity (Wildman–Crippen MR) is 107 cm³/mol. The van der Waals surface area contributed by atoms with Crippen molar-refractivity contribution in [3.63, 3.8) is 0 Å². The number of sulfone groups is 1. The number of hydrogen-bond donors (Lipinski definition) is 1. The molecule has 1 aromatic rings. The van der Waals surface area contributed by atoms with E-state index in [0.717, 1.165) is 12.8 Å². The molecule has 27 heavy (non-hydrogen) atoms. The maximum atomic E-state index is 13.3. The van der Waals surface area contributed by atoms with Gasteiger partial charge in [-0.1, -0.05) is 31.4 Å². The molecule has 2 aliphatic rings. The summed E-state index contributed by atoms with van der Waals surface area (Å²) in [4.78, 5) is 0.209. The number of rotatable bonds is 6. The molecule has 1 heterocycles. The Kier molecular flexibility index (Phi) is 6.01. The minimum absolute atomic E-state index is 0.0146. The smallest absolute Gasteiger partial charge is 0.243 e. The van der Waals surface area contributed by atoms with E-state index < -0.39 is 25.4 Å². The second kappa shape index (κ2) is 7.81. The fourth-order valence-electron chi connectivity index (χ4n) is 4.46. The van der Waals surface area contributed by atoms with Gasteiger partial charge in [0.25, 0.3) is 0 Å². The summed E-state index contributed by atoms with van der Waals surface area (Å²) in [7, 11) is -7.04. The topological polar surface area (TPSA) is 97.5 Å². The van der Waals surface area contributed by atoms with Crippen LogP contribution in [-0.4, -0.2) is 51.3 Å². The molecular weight excluding hydrogens is 384 g/mol. The lowest BCUT2D eigenvalue weighted by atomic mass is 9.84. The van der Waals surface area contributed by atoms with Crippen molar-refractivity contribution >= 4 is 19.9 Å². The summed E-state index contributed by atoms with van der Waals surface area (Å²) in [5, 5.41) is 0. The zero-order valence-electron chi connectivity index (χ0n) is 15.9. The molecule has 152 valence electrons. The van der Waals surface area contributed by atoms with Crippen molar-refractivity contribution in [1.82, 2.24) is 4.31 Å². The summed E-state index contributed by atoms with van der Waals surface area (Å²) in [5.74, 6) is 0.369. The Hall–Kier alpha value is -0.960. The molecule has 0 amide bonds. The summed E-state index contributed by atoms with van der Waals surface area (Å²) in [6, 6.07) is 7.15. The van der Waals surface area contributed by atoms with E-state index >= 15 is 0 Å². The first kappa shape index (κ1) is 20.8. The van der Waals surface area contributed by atoms with E-state index in [4.69, 9.17) is 5.73 Å². The van der Waals surface area contributed by atoms with E-state index in [-0.39, 0.29) is 29.5 Å². The van der Waals surface area contributed by atoms with E-state index in [9.17, 15) is 16.8 Å². The number of benzene rings is 1.